The molecule has 0 atom stereocenters. The van der Waals surface area contributed by atoms with E-state index in [1.54, 1.807) is 26.0 Å². The van der Waals surface area contributed by atoms with E-state index in [1.165, 1.54) is 50.2 Å². The lowest BCUT2D eigenvalue weighted by Crippen LogP contribution is -2.15. The number of azo groups is 4. The molecule has 46 heteroatoms. The van der Waals surface area contributed by atoms with Gasteiger partial charge in [0.2, 0.25) is 0 Å². The van der Waals surface area contributed by atoms with Gasteiger partial charge in [-0.15, -0.1) is 20.5 Å². The van der Waals surface area contributed by atoms with Crippen molar-refractivity contribution in [3.63, 3.8) is 0 Å². The largest absolute Gasteiger partial charge is 0.491 e. The van der Waals surface area contributed by atoms with Gasteiger partial charge in [-0.1, -0.05) is 0 Å². The minimum Gasteiger partial charge on any atom is -0.491 e. The highest BCUT2D eigenvalue weighted by Gasteiger charge is 2.24. The average molecular weight is 1540 g/mol. The molecule has 0 amide bonds. The Bertz CT molecular complexity index is 4820. The maximum absolute atomic E-state index is 12.2. The molecule has 99 heavy (non-hydrogen) atoms. The summed E-state index contributed by atoms with van der Waals surface area (Å²) in [4.78, 5) is -3.85. The quantitative estimate of drug-likeness (QED) is 0.00756. The Labute approximate surface area is 567 Å². The molecule has 6 aromatic rings. The highest BCUT2D eigenvalue weighted by Crippen LogP contribution is 2.42. The Morgan fingerprint density at radius 1 is 0.303 bits per heavy atom. The first-order valence-corrected chi connectivity index (χ1v) is 40.2. The van der Waals surface area contributed by atoms with E-state index >= 15 is 0 Å². The maximum Gasteiger partial charge on any atom is 0.296 e. The van der Waals surface area contributed by atoms with E-state index in [2.05, 4.69) is 51.5 Å². The zero-order valence-corrected chi connectivity index (χ0v) is 58.4. The van der Waals surface area contributed by atoms with Crippen molar-refractivity contribution in [2.45, 2.75) is 73.0 Å². The van der Waals surface area contributed by atoms with Gasteiger partial charge < -0.3 is 29.6 Å². The first-order valence-electron chi connectivity index (χ1n) is 28.0. The van der Waals surface area contributed by atoms with Crippen LogP contribution < -0.4 is 29.6 Å². The first kappa shape index (κ1) is 79.8. The van der Waals surface area contributed by atoms with Crippen molar-refractivity contribution < 1.29 is 123 Å². The Morgan fingerprint density at radius 2 is 0.556 bits per heavy atom. The summed E-state index contributed by atoms with van der Waals surface area (Å²) in [5, 5.41) is 39.4. The fourth-order valence-corrected chi connectivity index (χ4v) is 12.7. The van der Waals surface area contributed by atoms with Crippen LogP contribution in [0.3, 0.4) is 0 Å². The summed E-state index contributed by atoms with van der Waals surface area (Å²) in [5.74, 6) is -3.00. The number of nitrogens with one attached hydrogen (secondary N) is 2. The zero-order valence-electron chi connectivity index (χ0n) is 51.9. The van der Waals surface area contributed by atoms with Crippen LogP contribution in [0.1, 0.15) is 47.9 Å². The predicted octanol–water partition coefficient (Wildman–Crippen LogP) is 9.68. The summed E-state index contributed by atoms with van der Waals surface area (Å²) in [6.07, 6.45) is -0.900. The lowest BCUT2D eigenvalue weighted by atomic mass is 10.1. The van der Waals surface area contributed by atoms with Crippen LogP contribution in [0.5, 0.6) is 23.0 Å². The highest BCUT2D eigenvalue weighted by atomic mass is 32.2. The molecule has 0 aliphatic carbocycles. The van der Waals surface area contributed by atoms with E-state index in [4.69, 9.17) is 18.9 Å². The molecule has 0 aromatic heterocycles. The number of rotatable bonds is 36. The molecule has 0 unspecified atom stereocenters. The van der Waals surface area contributed by atoms with E-state index in [0.717, 1.165) is 24.3 Å². The minimum atomic E-state index is -5.16. The van der Waals surface area contributed by atoms with Gasteiger partial charge in [0, 0.05) is 24.3 Å². The van der Waals surface area contributed by atoms with Crippen molar-refractivity contribution >= 4 is 138 Å². The molecular formula is C53H62N10O28S8. The number of ether oxygens (including phenoxy) is 4. The minimum absolute atomic E-state index is 0.0271. The second-order valence-electron chi connectivity index (χ2n) is 20.9. The SMILES string of the molecule is Cc1cc(NCNc2cc(C)c(/N=N\c3cc(C)c(N=Nc4ccc(S(=O)(=O)O)cc4S(=O)(=O)O)cc3OCCCS(=O)(=O)O)cc2OCCCS(=O)(=O)O)c(OCCCS(=O)(=O)O)cc1N=Nc1cc(C)c(N=Nc2ccc(S(=O)(=O)O)cc2S(=O)(=O)O)cc1OCCCS(=O)(=O)O. The Hall–Kier alpha value is -8.20. The van der Waals surface area contributed by atoms with Crippen LogP contribution in [0.4, 0.5) is 56.9 Å². The van der Waals surface area contributed by atoms with Crippen LogP contribution in [-0.2, 0) is 80.9 Å². The summed E-state index contributed by atoms with van der Waals surface area (Å²) in [6.45, 7) is 4.76. The van der Waals surface area contributed by atoms with Crippen LogP contribution in [0.2, 0.25) is 0 Å². The van der Waals surface area contributed by atoms with Gasteiger partial charge in [-0.2, -0.15) is 87.8 Å². The van der Waals surface area contributed by atoms with Crippen LogP contribution in [0.15, 0.2) is 145 Å². The molecule has 0 saturated carbocycles. The fourth-order valence-electron chi connectivity index (χ4n) is 8.26. The van der Waals surface area contributed by atoms with E-state index in [-0.39, 0.29) is 138 Å². The lowest BCUT2D eigenvalue weighted by molar-refractivity contribution is 0.317. The molecule has 38 nitrogen and oxygen atoms in total. The van der Waals surface area contributed by atoms with Gasteiger partial charge in [-0.05, 0) is 136 Å². The summed E-state index contributed by atoms with van der Waals surface area (Å²) in [6, 6.07) is 15.3. The molecule has 10 N–H and O–H groups in total. The number of aryl methyl sites for hydroxylation is 4. The fraction of sp³-hybridized carbons (Fsp3) is 0.321. The number of anilines is 2. The Balaban J connectivity index is 1.34. The first-order chi connectivity index (χ1) is 45.7. The summed E-state index contributed by atoms with van der Waals surface area (Å²) in [7, 11) is -37.9. The number of nitrogens with zero attached hydrogens (tertiary/aromatic N) is 8. The van der Waals surface area contributed by atoms with Crippen molar-refractivity contribution in [1.29, 1.82) is 0 Å². The summed E-state index contributed by atoms with van der Waals surface area (Å²) >= 11 is 0. The number of hydrogen-bond donors (Lipinski definition) is 10. The van der Waals surface area contributed by atoms with Gasteiger partial charge in [0.15, 0.2) is 0 Å². The van der Waals surface area contributed by atoms with Crippen molar-refractivity contribution in [2.75, 3.05) is 66.7 Å². The zero-order chi connectivity index (χ0) is 73.7. The smallest absolute Gasteiger partial charge is 0.296 e. The Kier molecular flexibility index (Phi) is 26.5. The normalized spacial score (nSPS) is 13.1. The van der Waals surface area contributed by atoms with E-state index in [1.807, 2.05) is 0 Å². The van der Waals surface area contributed by atoms with Gasteiger partial charge in [0.1, 0.15) is 55.5 Å². The third-order valence-electron chi connectivity index (χ3n) is 13.0. The maximum atomic E-state index is 12.2. The second kappa shape index (κ2) is 32.9. The molecular weight excluding hydrogens is 1480 g/mol. The monoisotopic (exact) mass is 1540 g/mol. The summed E-state index contributed by atoms with van der Waals surface area (Å²) in [5.41, 5.74) is 0.833. The van der Waals surface area contributed by atoms with Crippen LogP contribution in [-0.4, -0.2) is 160 Å². The average Bonchev–Trinajstić information content (AvgIpc) is 0.800. The van der Waals surface area contributed by atoms with Crippen molar-refractivity contribution in [1.82, 2.24) is 0 Å². The highest BCUT2D eigenvalue weighted by molar-refractivity contribution is 7.88. The molecule has 0 bridgehead atoms. The van der Waals surface area contributed by atoms with Crippen molar-refractivity contribution in [3.05, 3.63) is 107 Å². The topological polar surface area (TPSA) is 595 Å². The molecule has 0 fully saturated rings. The Morgan fingerprint density at radius 3 is 0.828 bits per heavy atom. The van der Waals surface area contributed by atoms with Gasteiger partial charge >= 0.3 is 0 Å². The molecule has 540 valence electrons. The second-order valence-corrected chi connectivity index (χ2v) is 32.8. The van der Waals surface area contributed by atoms with Crippen molar-refractivity contribution in [2.24, 2.45) is 40.9 Å². The van der Waals surface area contributed by atoms with E-state index in [0.29, 0.717) is 23.3 Å². The van der Waals surface area contributed by atoms with Crippen LogP contribution in [0, 0.1) is 27.7 Å². The third-order valence-corrected chi connectivity index (χ3v) is 19.7. The van der Waals surface area contributed by atoms with Crippen molar-refractivity contribution in [3.8, 4) is 23.0 Å². The predicted molar refractivity (Wildman–Crippen MR) is 352 cm³/mol. The van der Waals surface area contributed by atoms with Gasteiger partial charge in [0.25, 0.3) is 80.9 Å². The molecule has 0 saturated heterocycles. The number of benzene rings is 6. The summed E-state index contributed by atoms with van der Waals surface area (Å²) < 4.78 is 288. The standard InChI is InChI=1S/C53H62N10O28S8/c1-32-21-44(48(88-13-5-17-92(64,65)66)27-40(32)60-62-46-23-34(3)42(29-50(46)90-15-7-19-94(70,71)72)58-56-38-11-9-36(96(76,77)78)25-52(38)98(82,83)84)54-31-55-45-22-33(2)41(28-49(45)89-14-6-18-93(67,68)69)61-63-47-24-35(4)43(30-51(47)91-16-8-20-95(73,74)75)59-57-39-12-10-37(97(79,80)81)26-53(39)99(85,86)87/h9-12,21-30,54-55H,5-8,13-20,31H2,1-4H3,(H,64,65,66)(H,67,68,69)(H,70,71,72)(H,73,74,75)(H,76,77,78)(H,79,80,81)(H,82,83,84)(H,85,86,87)/b58-56?,59-57?,62-60-,63-61?. The molecule has 0 radical (unpaired) electrons. The molecule has 6 aromatic carbocycles. The van der Waals surface area contributed by atoms with Gasteiger partial charge in [-0.25, -0.2) is 0 Å². The lowest BCUT2D eigenvalue weighted by Gasteiger charge is -2.18. The van der Waals surface area contributed by atoms with Crippen LogP contribution in [0.25, 0.3) is 0 Å². The van der Waals surface area contributed by atoms with Gasteiger partial charge in [-0.3, -0.25) is 36.4 Å². The number of hydrogen-bond acceptors (Lipinski definition) is 30. The molecule has 6 rings (SSSR count). The molecule has 0 spiro atoms. The molecule has 0 aliphatic heterocycles. The molecule has 0 aliphatic rings. The molecule has 0 heterocycles. The van der Waals surface area contributed by atoms with E-state index < -0.39 is 135 Å². The van der Waals surface area contributed by atoms with Crippen LogP contribution >= 0.6 is 0 Å². The van der Waals surface area contributed by atoms with E-state index in [9.17, 15) is 104 Å². The van der Waals surface area contributed by atoms with Gasteiger partial charge in [0.05, 0.1) is 100 Å². The third kappa shape index (κ3) is 25.8.